The number of carbonyl (C=O) groups excluding carboxylic acids is 2. The highest BCUT2D eigenvalue weighted by molar-refractivity contribution is 5.89. The molecule has 1 aromatic carbocycles. The Balaban J connectivity index is 1.67. The predicted octanol–water partition coefficient (Wildman–Crippen LogP) is 3.50. The van der Waals surface area contributed by atoms with Gasteiger partial charge >= 0.3 is 12.1 Å². The molecular weight excluding hydrogens is 344 g/mol. The zero-order valence-corrected chi connectivity index (χ0v) is 15.8. The van der Waals surface area contributed by atoms with Crippen molar-refractivity contribution in [3.8, 4) is 0 Å². The van der Waals surface area contributed by atoms with Crippen LogP contribution in [0.25, 0.3) is 0 Å². The zero-order valence-electron chi connectivity index (χ0n) is 15.8. The van der Waals surface area contributed by atoms with E-state index in [1.165, 1.54) is 0 Å². The van der Waals surface area contributed by atoms with Crippen molar-refractivity contribution in [2.75, 3.05) is 25.1 Å². The molecule has 7 nitrogen and oxygen atoms in total. The van der Waals surface area contributed by atoms with Crippen LogP contribution in [0.3, 0.4) is 0 Å². The molecule has 2 aromatic rings. The minimum atomic E-state index is -0.340. The molecule has 2 heterocycles. The Bertz CT molecular complexity index is 812. The van der Waals surface area contributed by atoms with Gasteiger partial charge in [0.1, 0.15) is 6.61 Å². The molecule has 1 N–H and O–H groups in total. The van der Waals surface area contributed by atoms with Gasteiger partial charge in [0, 0.05) is 18.9 Å². The number of benzene rings is 1. The van der Waals surface area contributed by atoms with Gasteiger partial charge in [-0.1, -0.05) is 18.2 Å². The molecule has 0 bridgehead atoms. The molecule has 27 heavy (non-hydrogen) atoms. The number of anilines is 1. The third-order valence-corrected chi connectivity index (χ3v) is 4.80. The molecule has 1 saturated heterocycles. The van der Waals surface area contributed by atoms with Crippen molar-refractivity contribution in [2.24, 2.45) is 0 Å². The van der Waals surface area contributed by atoms with Gasteiger partial charge in [-0.2, -0.15) is 0 Å². The molecule has 1 aliphatic rings. The largest absolute Gasteiger partial charge is 0.447 e. The number of carbonyl (C=O) groups is 2. The first-order valence-corrected chi connectivity index (χ1v) is 8.96. The summed E-state index contributed by atoms with van der Waals surface area (Å²) >= 11 is 0. The van der Waals surface area contributed by atoms with Gasteiger partial charge in [-0.15, -0.1) is 0 Å². The van der Waals surface area contributed by atoms with E-state index in [1.54, 1.807) is 23.0 Å². The zero-order chi connectivity index (χ0) is 19.4. The lowest BCUT2D eigenvalue weighted by Gasteiger charge is -2.27. The molecular formula is C20H24N4O3. The molecule has 0 aliphatic carbocycles. The second kappa shape index (κ2) is 8.07. The van der Waals surface area contributed by atoms with E-state index >= 15 is 0 Å². The Labute approximate surface area is 158 Å². The average Bonchev–Trinajstić information content (AvgIpc) is 3.13. The van der Waals surface area contributed by atoms with Crippen LogP contribution in [0.1, 0.15) is 37.2 Å². The lowest BCUT2D eigenvalue weighted by atomic mass is 10.1. The minimum Gasteiger partial charge on any atom is -0.447 e. The van der Waals surface area contributed by atoms with Crippen LogP contribution in [0.5, 0.6) is 0 Å². The molecule has 3 rings (SSSR count). The van der Waals surface area contributed by atoms with E-state index in [0.717, 1.165) is 16.9 Å². The Morgan fingerprint density at radius 2 is 2.07 bits per heavy atom. The van der Waals surface area contributed by atoms with Gasteiger partial charge in [-0.3, -0.25) is 9.88 Å². The molecule has 1 aliphatic heterocycles. The molecule has 0 radical (unpaired) electrons. The van der Waals surface area contributed by atoms with Crippen molar-refractivity contribution in [3.05, 3.63) is 59.9 Å². The number of amides is 3. The van der Waals surface area contributed by atoms with Crippen LogP contribution in [-0.2, 0) is 4.74 Å². The van der Waals surface area contributed by atoms with Gasteiger partial charge in [0.2, 0.25) is 0 Å². The first kappa shape index (κ1) is 18.7. The van der Waals surface area contributed by atoms with Crippen LogP contribution in [0, 0.1) is 0 Å². The van der Waals surface area contributed by atoms with E-state index < -0.39 is 0 Å². The molecule has 7 heteroatoms. The number of hydrogen-bond donors (Lipinski definition) is 1. The summed E-state index contributed by atoms with van der Waals surface area (Å²) in [4.78, 5) is 31.9. The summed E-state index contributed by atoms with van der Waals surface area (Å²) in [5.41, 5.74) is 2.52. The number of rotatable bonds is 5. The van der Waals surface area contributed by atoms with Crippen LogP contribution < -0.4 is 10.2 Å². The van der Waals surface area contributed by atoms with Crippen LogP contribution in [0.15, 0.2) is 48.7 Å². The summed E-state index contributed by atoms with van der Waals surface area (Å²) in [5.74, 6) is 0. The predicted molar refractivity (Wildman–Crippen MR) is 102 cm³/mol. The number of aromatic nitrogens is 1. The molecule has 3 amide bonds. The standard InChI is InChI=1S/C20H24N4O3/c1-14(16-7-6-8-17(13-16)24-11-12-27-20(24)26)22-19(25)23(3)15(2)18-9-4-5-10-21-18/h4-10,13-15H,11-12H2,1-3H3,(H,22,25). The third kappa shape index (κ3) is 4.19. The first-order chi connectivity index (χ1) is 13.0. The van der Waals surface area contributed by atoms with E-state index in [4.69, 9.17) is 4.74 Å². The van der Waals surface area contributed by atoms with Crippen LogP contribution in [0.4, 0.5) is 15.3 Å². The van der Waals surface area contributed by atoms with Gasteiger partial charge in [-0.05, 0) is 43.7 Å². The van der Waals surface area contributed by atoms with Crippen molar-refractivity contribution < 1.29 is 14.3 Å². The second-order valence-electron chi connectivity index (χ2n) is 6.57. The molecule has 2 atom stereocenters. The Hall–Kier alpha value is -3.09. The van der Waals surface area contributed by atoms with Gasteiger partial charge < -0.3 is 15.0 Å². The monoisotopic (exact) mass is 368 g/mol. The maximum atomic E-state index is 12.6. The van der Waals surface area contributed by atoms with Crippen LogP contribution >= 0.6 is 0 Å². The minimum absolute atomic E-state index is 0.149. The van der Waals surface area contributed by atoms with Crippen molar-refractivity contribution in [2.45, 2.75) is 25.9 Å². The lowest BCUT2D eigenvalue weighted by molar-refractivity contribution is 0.181. The average molecular weight is 368 g/mol. The summed E-state index contributed by atoms with van der Waals surface area (Å²) in [6, 6.07) is 12.7. The smallest absolute Gasteiger partial charge is 0.414 e. The fourth-order valence-electron chi connectivity index (χ4n) is 2.96. The van der Waals surface area contributed by atoms with Crippen molar-refractivity contribution in [3.63, 3.8) is 0 Å². The molecule has 1 fully saturated rings. The van der Waals surface area contributed by atoms with Gasteiger partial charge in [0.05, 0.1) is 24.3 Å². The van der Waals surface area contributed by atoms with E-state index in [-0.39, 0.29) is 24.2 Å². The molecule has 0 spiro atoms. The molecule has 0 saturated carbocycles. The number of hydrogen-bond acceptors (Lipinski definition) is 4. The number of nitrogens with zero attached hydrogens (tertiary/aromatic N) is 3. The van der Waals surface area contributed by atoms with E-state index in [1.807, 2.05) is 56.3 Å². The highest BCUT2D eigenvalue weighted by Crippen LogP contribution is 2.24. The number of pyridine rings is 1. The topological polar surface area (TPSA) is 74.8 Å². The van der Waals surface area contributed by atoms with E-state index in [0.29, 0.717) is 13.2 Å². The number of ether oxygens (including phenoxy) is 1. The number of urea groups is 1. The van der Waals surface area contributed by atoms with Gasteiger partial charge in [-0.25, -0.2) is 9.59 Å². The highest BCUT2D eigenvalue weighted by Gasteiger charge is 2.24. The van der Waals surface area contributed by atoms with Gasteiger partial charge in [0.25, 0.3) is 0 Å². The summed E-state index contributed by atoms with van der Waals surface area (Å²) in [5, 5.41) is 3.00. The lowest BCUT2D eigenvalue weighted by Crippen LogP contribution is -2.40. The van der Waals surface area contributed by atoms with Crippen molar-refractivity contribution in [1.82, 2.24) is 15.2 Å². The number of nitrogens with one attached hydrogen (secondary N) is 1. The maximum Gasteiger partial charge on any atom is 0.414 e. The normalized spacial score (nSPS) is 15.8. The summed E-state index contributed by atoms with van der Waals surface area (Å²) in [7, 11) is 1.75. The van der Waals surface area contributed by atoms with E-state index in [9.17, 15) is 9.59 Å². The van der Waals surface area contributed by atoms with Crippen LogP contribution in [-0.4, -0.2) is 42.2 Å². The maximum absolute atomic E-state index is 12.6. The Morgan fingerprint density at radius 1 is 1.26 bits per heavy atom. The fourth-order valence-corrected chi connectivity index (χ4v) is 2.96. The van der Waals surface area contributed by atoms with Crippen LogP contribution in [0.2, 0.25) is 0 Å². The fraction of sp³-hybridized carbons (Fsp3) is 0.350. The molecule has 142 valence electrons. The van der Waals surface area contributed by atoms with E-state index in [2.05, 4.69) is 10.3 Å². The first-order valence-electron chi connectivity index (χ1n) is 8.96. The number of cyclic esters (lactones) is 1. The second-order valence-corrected chi connectivity index (χ2v) is 6.57. The SMILES string of the molecule is CC(NC(=O)N(C)C(C)c1ccccn1)c1cccc(N2CCOC2=O)c1. The highest BCUT2D eigenvalue weighted by atomic mass is 16.6. The van der Waals surface area contributed by atoms with Gasteiger partial charge in [0.15, 0.2) is 0 Å². The quantitative estimate of drug-likeness (QED) is 0.876. The molecule has 1 aromatic heterocycles. The summed E-state index contributed by atoms with van der Waals surface area (Å²) in [6.45, 7) is 4.78. The third-order valence-electron chi connectivity index (χ3n) is 4.80. The summed E-state index contributed by atoms with van der Waals surface area (Å²) in [6.07, 6.45) is 1.38. The van der Waals surface area contributed by atoms with Crippen molar-refractivity contribution in [1.29, 1.82) is 0 Å². The Kier molecular flexibility index (Phi) is 5.59. The summed E-state index contributed by atoms with van der Waals surface area (Å²) < 4.78 is 4.99. The molecule has 2 unspecified atom stereocenters. The Morgan fingerprint density at radius 3 is 2.74 bits per heavy atom. The van der Waals surface area contributed by atoms with Crippen molar-refractivity contribution >= 4 is 17.8 Å².